The second-order valence-electron chi connectivity index (χ2n) is 5.30. The maximum atomic E-state index is 5.71. The van der Waals surface area contributed by atoms with Crippen LogP contribution in [0.1, 0.15) is 18.5 Å². The predicted molar refractivity (Wildman–Crippen MR) is 97.8 cm³/mol. The lowest BCUT2D eigenvalue weighted by Crippen LogP contribution is -2.40. The molecule has 24 heavy (non-hydrogen) atoms. The van der Waals surface area contributed by atoms with Crippen molar-refractivity contribution in [2.24, 2.45) is 4.99 Å². The van der Waals surface area contributed by atoms with Gasteiger partial charge in [-0.15, -0.1) is 0 Å². The fourth-order valence-corrected chi connectivity index (χ4v) is 2.25. The van der Waals surface area contributed by atoms with Gasteiger partial charge in [0.2, 0.25) is 0 Å². The quantitative estimate of drug-likeness (QED) is 0.466. The van der Waals surface area contributed by atoms with E-state index in [9.17, 15) is 0 Å². The van der Waals surface area contributed by atoms with E-state index in [1.807, 2.05) is 42.5 Å². The highest BCUT2D eigenvalue weighted by Gasteiger charge is 2.06. The Hall–Kier alpha value is -2.69. The minimum absolute atomic E-state index is 0.178. The number of rotatable bonds is 7. The normalized spacial score (nSPS) is 12.4. The van der Waals surface area contributed by atoms with Gasteiger partial charge in [0, 0.05) is 13.1 Å². The Morgan fingerprint density at radius 3 is 2.54 bits per heavy atom. The van der Waals surface area contributed by atoms with Crippen LogP contribution in [0.2, 0.25) is 0 Å². The van der Waals surface area contributed by atoms with Crippen LogP contribution in [-0.4, -0.2) is 33.3 Å². The first kappa shape index (κ1) is 17.7. The number of ether oxygens (including phenoxy) is 2. The van der Waals surface area contributed by atoms with Crippen LogP contribution in [0.4, 0.5) is 0 Å². The molecule has 0 saturated heterocycles. The summed E-state index contributed by atoms with van der Waals surface area (Å²) >= 11 is 0. The summed E-state index contributed by atoms with van der Waals surface area (Å²) in [6.45, 7) is 3.29. The molecule has 2 aromatic carbocycles. The number of hydrogen-bond donors (Lipinski definition) is 2. The average molecular weight is 327 g/mol. The first-order valence-corrected chi connectivity index (χ1v) is 8.02. The summed E-state index contributed by atoms with van der Waals surface area (Å²) in [4.78, 5) is 4.24. The first-order valence-electron chi connectivity index (χ1n) is 8.02. The van der Waals surface area contributed by atoms with Gasteiger partial charge in [-0.1, -0.05) is 36.4 Å². The molecule has 1 atom stereocenters. The van der Waals surface area contributed by atoms with Gasteiger partial charge in [-0.05, 0) is 24.6 Å². The molecule has 0 fully saturated rings. The van der Waals surface area contributed by atoms with E-state index in [2.05, 4.69) is 34.7 Å². The lowest BCUT2D eigenvalue weighted by molar-refractivity contribution is 0.319. The Morgan fingerprint density at radius 1 is 1.08 bits per heavy atom. The smallest absolute Gasteiger partial charge is 0.191 e. The standard InChI is InChI=1S/C19H25N3O2/c1-15(16-8-5-4-6-9-16)22-19(20-2)21-12-13-24-18-11-7-10-17(14-18)23-3/h4-11,14-15H,12-13H2,1-3H3,(H2,20,21,22). The topological polar surface area (TPSA) is 54.9 Å². The molecular weight excluding hydrogens is 302 g/mol. The minimum Gasteiger partial charge on any atom is -0.497 e. The molecule has 0 radical (unpaired) electrons. The van der Waals surface area contributed by atoms with Gasteiger partial charge in [0.1, 0.15) is 18.1 Å². The zero-order valence-electron chi connectivity index (χ0n) is 14.5. The molecule has 0 aliphatic heterocycles. The van der Waals surface area contributed by atoms with Crippen molar-refractivity contribution in [2.45, 2.75) is 13.0 Å². The van der Waals surface area contributed by atoms with Gasteiger partial charge in [0.15, 0.2) is 5.96 Å². The average Bonchev–Trinajstić information content (AvgIpc) is 2.65. The number of nitrogens with one attached hydrogen (secondary N) is 2. The second kappa shape index (κ2) is 9.45. The maximum absolute atomic E-state index is 5.71. The van der Waals surface area contributed by atoms with Crippen molar-refractivity contribution in [3.63, 3.8) is 0 Å². The van der Waals surface area contributed by atoms with Gasteiger partial charge in [-0.2, -0.15) is 0 Å². The van der Waals surface area contributed by atoms with Gasteiger partial charge in [-0.3, -0.25) is 4.99 Å². The Morgan fingerprint density at radius 2 is 1.83 bits per heavy atom. The predicted octanol–water partition coefficient (Wildman–Crippen LogP) is 3.00. The number of aliphatic imine (C=N–C) groups is 1. The number of benzene rings is 2. The zero-order valence-corrected chi connectivity index (χ0v) is 14.5. The summed E-state index contributed by atoms with van der Waals surface area (Å²) < 4.78 is 10.9. The molecule has 0 heterocycles. The molecule has 0 aliphatic rings. The molecular formula is C19H25N3O2. The Balaban J connectivity index is 1.75. The van der Waals surface area contributed by atoms with E-state index in [1.165, 1.54) is 5.56 Å². The highest BCUT2D eigenvalue weighted by molar-refractivity contribution is 5.80. The zero-order chi connectivity index (χ0) is 17.2. The van der Waals surface area contributed by atoms with E-state index in [0.717, 1.165) is 17.5 Å². The van der Waals surface area contributed by atoms with E-state index in [0.29, 0.717) is 13.2 Å². The fraction of sp³-hybridized carbons (Fsp3) is 0.316. The van der Waals surface area contributed by atoms with Gasteiger partial charge in [-0.25, -0.2) is 0 Å². The Labute approximate surface area is 143 Å². The molecule has 0 bridgehead atoms. The van der Waals surface area contributed by atoms with Crippen LogP contribution in [0.5, 0.6) is 11.5 Å². The van der Waals surface area contributed by atoms with E-state index >= 15 is 0 Å². The summed E-state index contributed by atoms with van der Waals surface area (Å²) in [5, 5.41) is 6.61. The third-order valence-corrected chi connectivity index (χ3v) is 3.58. The van der Waals surface area contributed by atoms with Crippen LogP contribution in [0.3, 0.4) is 0 Å². The van der Waals surface area contributed by atoms with E-state index < -0.39 is 0 Å². The SMILES string of the molecule is CN=C(NCCOc1cccc(OC)c1)NC(C)c1ccccc1. The van der Waals surface area contributed by atoms with E-state index in [-0.39, 0.29) is 6.04 Å². The molecule has 128 valence electrons. The molecule has 5 heteroatoms. The summed E-state index contributed by atoms with van der Waals surface area (Å²) in [5.74, 6) is 2.33. The van der Waals surface area contributed by atoms with Gasteiger partial charge in [0.25, 0.3) is 0 Å². The highest BCUT2D eigenvalue weighted by atomic mass is 16.5. The molecule has 2 aromatic rings. The summed E-state index contributed by atoms with van der Waals surface area (Å²) in [6, 6.07) is 18.0. The Bertz CT molecular complexity index is 644. The lowest BCUT2D eigenvalue weighted by Gasteiger charge is -2.18. The molecule has 2 rings (SSSR count). The molecule has 5 nitrogen and oxygen atoms in total. The van der Waals surface area contributed by atoms with Gasteiger partial charge in [0.05, 0.1) is 19.7 Å². The third kappa shape index (κ3) is 5.50. The highest BCUT2D eigenvalue weighted by Crippen LogP contribution is 2.18. The van der Waals surface area contributed by atoms with E-state index in [4.69, 9.17) is 9.47 Å². The summed E-state index contributed by atoms with van der Waals surface area (Å²) in [6.07, 6.45) is 0. The van der Waals surface area contributed by atoms with Crippen molar-refractivity contribution in [1.29, 1.82) is 0 Å². The van der Waals surface area contributed by atoms with Crippen molar-refractivity contribution in [3.8, 4) is 11.5 Å². The molecule has 0 amide bonds. The fourth-order valence-electron chi connectivity index (χ4n) is 2.25. The van der Waals surface area contributed by atoms with Crippen molar-refractivity contribution >= 4 is 5.96 Å². The van der Waals surface area contributed by atoms with Crippen molar-refractivity contribution in [2.75, 3.05) is 27.3 Å². The monoisotopic (exact) mass is 327 g/mol. The van der Waals surface area contributed by atoms with Crippen LogP contribution in [0, 0.1) is 0 Å². The van der Waals surface area contributed by atoms with Crippen LogP contribution in [0.25, 0.3) is 0 Å². The maximum Gasteiger partial charge on any atom is 0.191 e. The van der Waals surface area contributed by atoms with Crippen molar-refractivity contribution in [1.82, 2.24) is 10.6 Å². The molecule has 0 saturated carbocycles. The van der Waals surface area contributed by atoms with Crippen LogP contribution >= 0.6 is 0 Å². The third-order valence-electron chi connectivity index (χ3n) is 3.58. The molecule has 0 aliphatic carbocycles. The van der Waals surface area contributed by atoms with Gasteiger partial charge >= 0.3 is 0 Å². The van der Waals surface area contributed by atoms with Gasteiger partial charge < -0.3 is 20.1 Å². The largest absolute Gasteiger partial charge is 0.497 e. The molecule has 1 unspecified atom stereocenters. The number of nitrogens with zero attached hydrogens (tertiary/aromatic N) is 1. The summed E-state index contributed by atoms with van der Waals surface area (Å²) in [5.41, 5.74) is 1.22. The number of guanidine groups is 1. The molecule has 0 spiro atoms. The minimum atomic E-state index is 0.178. The van der Waals surface area contributed by atoms with Crippen LogP contribution < -0.4 is 20.1 Å². The molecule has 0 aromatic heterocycles. The van der Waals surface area contributed by atoms with Crippen molar-refractivity contribution in [3.05, 3.63) is 60.2 Å². The summed E-state index contributed by atoms with van der Waals surface area (Å²) in [7, 11) is 3.40. The lowest BCUT2D eigenvalue weighted by atomic mass is 10.1. The Kier molecular flexibility index (Phi) is 6.95. The number of hydrogen-bond acceptors (Lipinski definition) is 3. The van der Waals surface area contributed by atoms with Crippen molar-refractivity contribution < 1.29 is 9.47 Å². The van der Waals surface area contributed by atoms with E-state index in [1.54, 1.807) is 14.2 Å². The molecule has 2 N–H and O–H groups in total. The van der Waals surface area contributed by atoms with Crippen LogP contribution in [-0.2, 0) is 0 Å². The van der Waals surface area contributed by atoms with Crippen LogP contribution in [0.15, 0.2) is 59.6 Å². The second-order valence-corrected chi connectivity index (χ2v) is 5.30. The number of methoxy groups -OCH3 is 1. The first-order chi connectivity index (χ1) is 11.7.